The van der Waals surface area contributed by atoms with Gasteiger partial charge in [0.1, 0.15) is 0 Å². The molecule has 0 aromatic heterocycles. The topological polar surface area (TPSA) is 27.7 Å². The lowest BCUT2D eigenvalue weighted by Crippen LogP contribution is -2.36. The van der Waals surface area contributed by atoms with Crippen molar-refractivity contribution < 1.29 is 14.2 Å². The van der Waals surface area contributed by atoms with Crippen molar-refractivity contribution in [3.8, 4) is 17.2 Å². The third-order valence-electron chi connectivity index (χ3n) is 6.99. The molecule has 0 heterocycles. The molecule has 0 radical (unpaired) electrons. The Hall–Kier alpha value is -1.87. The first kappa shape index (κ1) is 19.4. The maximum Gasteiger partial charge on any atom is 0.203 e. The van der Waals surface area contributed by atoms with E-state index in [-0.39, 0.29) is 0 Å². The van der Waals surface area contributed by atoms with Crippen LogP contribution >= 0.6 is 11.6 Å². The monoisotopic (exact) mass is 400 g/mol. The molecule has 4 rings (SSSR count). The minimum absolute atomic E-state index is 0.475. The number of benzene rings is 2. The van der Waals surface area contributed by atoms with Crippen LogP contribution in [-0.4, -0.2) is 20.8 Å². The van der Waals surface area contributed by atoms with Crippen LogP contribution in [0, 0.1) is 23.7 Å². The molecule has 2 fully saturated rings. The van der Waals surface area contributed by atoms with Crippen LogP contribution in [-0.2, 0) is 0 Å². The Labute approximate surface area is 173 Å². The molecule has 2 aromatic carbocycles. The van der Waals surface area contributed by atoms with Crippen LogP contribution in [0.25, 0.3) is 0 Å². The highest BCUT2D eigenvalue weighted by atomic mass is 35.5. The van der Waals surface area contributed by atoms with Gasteiger partial charge in [-0.25, -0.2) is 0 Å². The van der Waals surface area contributed by atoms with Crippen LogP contribution in [0.5, 0.6) is 17.2 Å². The second-order valence-electron chi connectivity index (χ2n) is 8.22. The molecule has 150 valence electrons. The molecule has 0 aliphatic heterocycles. The standard InChI is InChI=1S/C24H29ClO3/c1-15-16-10-11-19(15)21(20(13-16)17-6-4-7-18(25)12-17)14-28-23-9-5-8-22(26-2)24(23)27-3/h4-9,12,15-16,19-21H,10-11,13-14H2,1-3H3. The van der Waals surface area contributed by atoms with Crippen LogP contribution in [0.3, 0.4) is 0 Å². The summed E-state index contributed by atoms with van der Waals surface area (Å²) in [6.45, 7) is 3.11. The summed E-state index contributed by atoms with van der Waals surface area (Å²) in [5, 5.41) is 0.817. The fraction of sp³-hybridized carbons (Fsp3) is 0.500. The van der Waals surface area contributed by atoms with Gasteiger partial charge in [0, 0.05) is 10.9 Å². The molecule has 2 aromatic rings. The van der Waals surface area contributed by atoms with Crippen LogP contribution < -0.4 is 14.2 Å². The predicted octanol–water partition coefficient (Wildman–Crippen LogP) is 6.20. The summed E-state index contributed by atoms with van der Waals surface area (Å²) >= 11 is 6.31. The van der Waals surface area contributed by atoms with Crippen LogP contribution in [0.2, 0.25) is 5.02 Å². The molecule has 2 aliphatic rings. The average molecular weight is 401 g/mol. The van der Waals surface area contributed by atoms with E-state index in [4.69, 9.17) is 25.8 Å². The van der Waals surface area contributed by atoms with Crippen molar-refractivity contribution in [1.82, 2.24) is 0 Å². The first-order valence-corrected chi connectivity index (χ1v) is 10.6. The van der Waals surface area contributed by atoms with E-state index in [9.17, 15) is 0 Å². The van der Waals surface area contributed by atoms with Gasteiger partial charge < -0.3 is 14.2 Å². The number of para-hydroxylation sites is 1. The van der Waals surface area contributed by atoms with Crippen molar-refractivity contribution in [2.45, 2.75) is 32.1 Å². The Kier molecular flexibility index (Phi) is 5.73. The molecule has 2 saturated carbocycles. The smallest absolute Gasteiger partial charge is 0.203 e. The van der Waals surface area contributed by atoms with Gasteiger partial charge in [0.25, 0.3) is 0 Å². The lowest BCUT2D eigenvalue weighted by molar-refractivity contribution is 0.0890. The van der Waals surface area contributed by atoms with E-state index >= 15 is 0 Å². The molecule has 4 heteroatoms. The zero-order chi connectivity index (χ0) is 19.7. The van der Waals surface area contributed by atoms with Crippen LogP contribution in [0.4, 0.5) is 0 Å². The normalized spacial score (nSPS) is 28.8. The molecular weight excluding hydrogens is 372 g/mol. The van der Waals surface area contributed by atoms with Crippen molar-refractivity contribution >= 4 is 11.6 Å². The van der Waals surface area contributed by atoms with Gasteiger partial charge in [0.05, 0.1) is 20.8 Å². The second kappa shape index (κ2) is 8.24. The van der Waals surface area contributed by atoms with Gasteiger partial charge in [0.15, 0.2) is 11.5 Å². The fourth-order valence-electron chi connectivity index (χ4n) is 5.54. The SMILES string of the molecule is COc1cccc(OCC2C(c3cccc(Cl)c3)CC3CCC2C3C)c1OC. The van der Waals surface area contributed by atoms with E-state index in [0.29, 0.717) is 35.9 Å². The Balaban J connectivity index is 1.60. The highest BCUT2D eigenvalue weighted by Gasteiger charge is 2.47. The van der Waals surface area contributed by atoms with E-state index in [1.54, 1.807) is 14.2 Å². The predicted molar refractivity (Wildman–Crippen MR) is 113 cm³/mol. The number of halogens is 1. The minimum Gasteiger partial charge on any atom is -0.493 e. The molecule has 0 saturated heterocycles. The minimum atomic E-state index is 0.475. The van der Waals surface area contributed by atoms with Gasteiger partial charge in [-0.05, 0) is 72.8 Å². The maximum atomic E-state index is 6.35. The van der Waals surface area contributed by atoms with Crippen molar-refractivity contribution in [2.75, 3.05) is 20.8 Å². The summed E-state index contributed by atoms with van der Waals surface area (Å²) in [5.74, 6) is 5.35. The number of ether oxygens (including phenoxy) is 3. The second-order valence-corrected chi connectivity index (χ2v) is 8.66. The van der Waals surface area contributed by atoms with Crippen molar-refractivity contribution in [1.29, 1.82) is 0 Å². The molecule has 5 unspecified atom stereocenters. The van der Waals surface area contributed by atoms with Crippen molar-refractivity contribution in [2.24, 2.45) is 23.7 Å². The third-order valence-corrected chi connectivity index (χ3v) is 7.22. The van der Waals surface area contributed by atoms with Crippen LogP contribution in [0.15, 0.2) is 42.5 Å². The number of hydrogen-bond donors (Lipinski definition) is 0. The third kappa shape index (κ3) is 3.57. The van der Waals surface area contributed by atoms with Gasteiger partial charge >= 0.3 is 0 Å². The molecule has 0 amide bonds. The fourth-order valence-corrected chi connectivity index (χ4v) is 5.73. The Bertz CT molecular complexity index is 821. The van der Waals surface area contributed by atoms with E-state index in [0.717, 1.165) is 22.6 Å². The highest BCUT2D eigenvalue weighted by molar-refractivity contribution is 6.30. The summed E-state index contributed by atoms with van der Waals surface area (Å²) in [4.78, 5) is 0. The van der Waals surface area contributed by atoms with E-state index in [1.165, 1.54) is 24.8 Å². The Morgan fingerprint density at radius 2 is 1.79 bits per heavy atom. The Morgan fingerprint density at radius 3 is 2.54 bits per heavy atom. The molecule has 0 spiro atoms. The van der Waals surface area contributed by atoms with Gasteiger partial charge in [-0.3, -0.25) is 0 Å². The van der Waals surface area contributed by atoms with E-state index in [1.807, 2.05) is 24.3 Å². The summed E-state index contributed by atoms with van der Waals surface area (Å²) in [7, 11) is 3.31. The number of methoxy groups -OCH3 is 2. The maximum absolute atomic E-state index is 6.35. The van der Waals surface area contributed by atoms with Gasteiger partial charge in [-0.15, -0.1) is 0 Å². The Morgan fingerprint density at radius 1 is 1.00 bits per heavy atom. The molecule has 2 bridgehead atoms. The largest absolute Gasteiger partial charge is 0.493 e. The summed E-state index contributed by atoms with van der Waals surface area (Å²) < 4.78 is 17.3. The molecule has 5 atom stereocenters. The first-order valence-electron chi connectivity index (χ1n) is 10.2. The number of fused-ring (bicyclic) bond motifs is 2. The summed E-state index contributed by atoms with van der Waals surface area (Å²) in [6, 6.07) is 14.2. The number of hydrogen-bond acceptors (Lipinski definition) is 3. The van der Waals surface area contributed by atoms with Gasteiger partial charge in [-0.1, -0.05) is 36.7 Å². The van der Waals surface area contributed by atoms with Gasteiger partial charge in [-0.2, -0.15) is 0 Å². The highest BCUT2D eigenvalue weighted by Crippen LogP contribution is 2.55. The van der Waals surface area contributed by atoms with E-state index < -0.39 is 0 Å². The lowest BCUT2D eigenvalue weighted by Gasteiger charge is -2.41. The lowest BCUT2D eigenvalue weighted by atomic mass is 9.65. The average Bonchev–Trinajstić information content (AvgIpc) is 2.95. The molecule has 3 nitrogen and oxygen atoms in total. The first-order chi connectivity index (χ1) is 13.6. The zero-order valence-corrected chi connectivity index (χ0v) is 17.6. The molecule has 28 heavy (non-hydrogen) atoms. The van der Waals surface area contributed by atoms with Gasteiger partial charge in [0.2, 0.25) is 5.75 Å². The number of rotatable bonds is 6. The summed E-state index contributed by atoms with van der Waals surface area (Å²) in [5.41, 5.74) is 1.35. The molecule has 0 N–H and O–H groups in total. The van der Waals surface area contributed by atoms with Crippen molar-refractivity contribution in [3.63, 3.8) is 0 Å². The molecular formula is C24H29ClO3. The van der Waals surface area contributed by atoms with E-state index in [2.05, 4.69) is 25.1 Å². The summed E-state index contributed by atoms with van der Waals surface area (Å²) in [6.07, 6.45) is 3.86. The molecule has 2 aliphatic carbocycles. The quantitative estimate of drug-likeness (QED) is 0.577. The zero-order valence-electron chi connectivity index (χ0n) is 16.9. The van der Waals surface area contributed by atoms with Crippen LogP contribution in [0.1, 0.15) is 37.7 Å². The van der Waals surface area contributed by atoms with Crippen molar-refractivity contribution in [3.05, 3.63) is 53.1 Å².